The van der Waals surface area contributed by atoms with Crippen LogP contribution in [0.4, 0.5) is 0 Å². The van der Waals surface area contributed by atoms with E-state index in [9.17, 15) is 25.4 Å². The molecule has 0 bridgehead atoms. The average molecular weight is 206 g/mol. The number of nitro groups is 2. The fourth-order valence-electron chi connectivity index (χ4n) is 0.745. The normalized spacial score (nSPS) is 18.9. The zero-order valence-electron chi connectivity index (χ0n) is 6.24. The van der Waals surface area contributed by atoms with Gasteiger partial charge in [-0.2, -0.15) is 0 Å². The van der Waals surface area contributed by atoms with Gasteiger partial charge in [-0.15, -0.1) is 0 Å². The van der Waals surface area contributed by atoms with Crippen LogP contribution in [0.2, 0.25) is 0 Å². The number of nitrogens with zero attached hydrogens (tertiary/aromatic N) is 4. The second-order valence-electron chi connectivity index (χ2n) is 2.07. The van der Waals surface area contributed by atoms with Crippen molar-refractivity contribution >= 4 is 5.84 Å². The highest BCUT2D eigenvalue weighted by Gasteiger charge is 2.73. The van der Waals surface area contributed by atoms with E-state index in [0.717, 1.165) is 0 Å². The van der Waals surface area contributed by atoms with Crippen molar-refractivity contribution < 1.29 is 19.7 Å². The van der Waals surface area contributed by atoms with Gasteiger partial charge in [0.25, 0.3) is 0 Å². The molecule has 1 aliphatic rings. The molecule has 1 aliphatic heterocycles. The van der Waals surface area contributed by atoms with Gasteiger partial charge in [0, 0.05) is 0 Å². The summed E-state index contributed by atoms with van der Waals surface area (Å²) in [6, 6.07) is 0. The van der Waals surface area contributed by atoms with Crippen LogP contribution in [0.3, 0.4) is 0 Å². The summed E-state index contributed by atoms with van der Waals surface area (Å²) in [5.41, 5.74) is 7.67. The quantitative estimate of drug-likeness (QED) is 0.183. The van der Waals surface area contributed by atoms with E-state index in [4.69, 9.17) is 5.53 Å². The SMILES string of the molecule is N=NC1=[N+]([O-])ONC1([N+](=O)[O-])[N+](=O)[O-]. The number of hydrogen-bond donors (Lipinski definition) is 2. The van der Waals surface area contributed by atoms with Crippen molar-refractivity contribution in [2.24, 2.45) is 5.11 Å². The number of rotatable bonds is 2. The molecule has 12 heteroatoms. The van der Waals surface area contributed by atoms with Gasteiger partial charge in [0.15, 0.2) is 0 Å². The predicted molar refractivity (Wildman–Crippen MR) is 34.7 cm³/mol. The lowest BCUT2D eigenvalue weighted by Gasteiger charge is -2.06. The Morgan fingerprint density at radius 1 is 1.50 bits per heavy atom. The molecule has 12 nitrogen and oxygen atoms in total. The summed E-state index contributed by atoms with van der Waals surface area (Å²) in [5.74, 6) is -4.53. The molecule has 0 unspecified atom stereocenters. The molecule has 0 aromatic carbocycles. The lowest BCUT2D eigenvalue weighted by Crippen LogP contribution is -2.59. The number of amidine groups is 1. The maximum atomic E-state index is 10.6. The first-order valence-corrected chi connectivity index (χ1v) is 2.92. The predicted octanol–water partition coefficient (Wildman–Crippen LogP) is -1.42. The van der Waals surface area contributed by atoms with Crippen LogP contribution in [-0.2, 0) is 4.94 Å². The van der Waals surface area contributed by atoms with Crippen molar-refractivity contribution in [3.63, 3.8) is 0 Å². The number of nitrogens with one attached hydrogen (secondary N) is 2. The van der Waals surface area contributed by atoms with Crippen molar-refractivity contribution in [2.45, 2.75) is 5.79 Å². The van der Waals surface area contributed by atoms with E-state index in [1.54, 1.807) is 0 Å². The van der Waals surface area contributed by atoms with Crippen molar-refractivity contribution in [1.82, 2.24) is 5.48 Å². The monoisotopic (exact) mass is 206 g/mol. The standard InChI is InChI=1S/C2H2N6O6/c3-4-1-2(7(10)11,8(12)13)5-14-6(1)9/h3,5H. The van der Waals surface area contributed by atoms with Crippen LogP contribution in [0, 0.1) is 31.0 Å². The van der Waals surface area contributed by atoms with E-state index >= 15 is 0 Å². The van der Waals surface area contributed by atoms with Crippen molar-refractivity contribution in [1.29, 1.82) is 5.53 Å². The highest BCUT2D eigenvalue weighted by Crippen LogP contribution is 2.15. The van der Waals surface area contributed by atoms with Crippen LogP contribution in [0.15, 0.2) is 5.11 Å². The molecule has 76 valence electrons. The largest absolute Gasteiger partial charge is 0.646 e. The summed E-state index contributed by atoms with van der Waals surface area (Å²) in [4.78, 5) is 21.1. The zero-order valence-corrected chi connectivity index (χ0v) is 6.24. The highest BCUT2D eigenvalue weighted by atomic mass is 17.0. The van der Waals surface area contributed by atoms with E-state index in [1.165, 1.54) is 5.48 Å². The Balaban J connectivity index is 3.34. The van der Waals surface area contributed by atoms with Crippen molar-refractivity contribution in [3.05, 3.63) is 25.4 Å². The zero-order chi connectivity index (χ0) is 10.9. The van der Waals surface area contributed by atoms with Crippen molar-refractivity contribution in [3.8, 4) is 0 Å². The van der Waals surface area contributed by atoms with Gasteiger partial charge in [-0.25, -0.2) is 0 Å². The number of hydrogen-bond acceptors (Lipinski definition) is 9. The van der Waals surface area contributed by atoms with Gasteiger partial charge in [-0.1, -0.05) is 11.0 Å². The number of hydroxylamine groups is 1. The Bertz CT molecular complexity index is 332. The molecular weight excluding hydrogens is 204 g/mol. The molecule has 0 aromatic heterocycles. The fraction of sp³-hybridized carbons (Fsp3) is 0.500. The minimum Gasteiger partial charge on any atom is -0.385 e. The van der Waals surface area contributed by atoms with Gasteiger partial charge in [0.1, 0.15) is 9.85 Å². The minimum atomic E-state index is -3.22. The minimum absolute atomic E-state index is 0.613. The van der Waals surface area contributed by atoms with E-state index in [0.29, 0.717) is 0 Å². The molecule has 14 heavy (non-hydrogen) atoms. The van der Waals surface area contributed by atoms with Crippen LogP contribution in [-0.4, -0.2) is 26.4 Å². The summed E-state index contributed by atoms with van der Waals surface area (Å²) in [6.45, 7) is 0. The van der Waals surface area contributed by atoms with E-state index in [2.05, 4.69) is 10.1 Å². The first-order valence-electron chi connectivity index (χ1n) is 2.92. The van der Waals surface area contributed by atoms with Crippen LogP contribution in [0.25, 0.3) is 0 Å². The van der Waals surface area contributed by atoms with E-state index in [-0.39, 0.29) is 0 Å². The van der Waals surface area contributed by atoms with Crippen LogP contribution in [0.1, 0.15) is 0 Å². The topological polar surface area (TPSA) is 170 Å². The van der Waals surface area contributed by atoms with Gasteiger partial charge < -0.3 is 10.1 Å². The smallest absolute Gasteiger partial charge is 0.385 e. The molecule has 0 aromatic rings. The Hall–Kier alpha value is -2.37. The summed E-state index contributed by atoms with van der Waals surface area (Å²) in [6.07, 6.45) is 0. The molecule has 0 aliphatic carbocycles. The van der Waals surface area contributed by atoms with E-state index in [1.807, 2.05) is 0 Å². The Kier molecular flexibility index (Phi) is 1.97. The third-order valence-corrected chi connectivity index (χ3v) is 1.39. The third kappa shape index (κ3) is 0.939. The second-order valence-corrected chi connectivity index (χ2v) is 2.07. The molecule has 0 fully saturated rings. The van der Waals surface area contributed by atoms with Gasteiger partial charge in [0.2, 0.25) is 0 Å². The Morgan fingerprint density at radius 2 is 2.00 bits per heavy atom. The highest BCUT2D eigenvalue weighted by molar-refractivity contribution is 5.84. The van der Waals surface area contributed by atoms with Crippen LogP contribution >= 0.6 is 0 Å². The molecule has 1 rings (SSSR count). The third-order valence-electron chi connectivity index (χ3n) is 1.39. The lowest BCUT2D eigenvalue weighted by molar-refractivity contribution is -0.800. The Labute approximate surface area is 74.1 Å². The molecule has 0 saturated heterocycles. The molecule has 0 spiro atoms. The fourth-order valence-corrected chi connectivity index (χ4v) is 0.745. The lowest BCUT2D eigenvalue weighted by atomic mass is 10.3. The second kappa shape index (κ2) is 2.84. The van der Waals surface area contributed by atoms with Gasteiger partial charge in [-0.05, 0) is 4.90 Å². The van der Waals surface area contributed by atoms with Gasteiger partial charge in [-0.3, -0.25) is 20.2 Å². The summed E-state index contributed by atoms with van der Waals surface area (Å²) in [5, 5.41) is 33.7. The molecule has 0 saturated carbocycles. The first kappa shape index (κ1) is 9.72. The molecular formula is C2H2N6O6. The molecule has 0 atom stereocenters. The van der Waals surface area contributed by atoms with Gasteiger partial charge >= 0.3 is 11.6 Å². The summed E-state index contributed by atoms with van der Waals surface area (Å²) < 4.78 is 0. The summed E-state index contributed by atoms with van der Waals surface area (Å²) in [7, 11) is 0. The van der Waals surface area contributed by atoms with E-state index < -0.39 is 26.4 Å². The van der Waals surface area contributed by atoms with Gasteiger partial charge in [0.05, 0.1) is 5.11 Å². The molecule has 2 N–H and O–H groups in total. The Morgan fingerprint density at radius 3 is 2.29 bits per heavy atom. The van der Waals surface area contributed by atoms with Crippen LogP contribution in [0.5, 0.6) is 0 Å². The maximum absolute atomic E-state index is 10.6. The van der Waals surface area contributed by atoms with Crippen molar-refractivity contribution in [2.75, 3.05) is 0 Å². The maximum Gasteiger partial charge on any atom is 0.646 e. The molecule has 0 radical (unpaired) electrons. The first-order chi connectivity index (χ1) is 6.46. The summed E-state index contributed by atoms with van der Waals surface area (Å²) >= 11 is 0. The molecule has 0 amide bonds. The average Bonchev–Trinajstić information content (AvgIpc) is 2.43. The van der Waals surface area contributed by atoms with Crippen LogP contribution < -0.4 is 5.48 Å². The molecule has 1 heterocycles.